The standard InChI is InChI=1S/C11H17FN2/c1-8(5-6-13)11(14)9-3-2-4-10(12)7-9/h2-4,7-8,11H,5-6,13-14H2,1H3. The van der Waals surface area contributed by atoms with Gasteiger partial charge >= 0.3 is 0 Å². The molecule has 2 atom stereocenters. The average molecular weight is 196 g/mol. The van der Waals surface area contributed by atoms with Crippen molar-refractivity contribution in [3.05, 3.63) is 35.6 Å². The van der Waals surface area contributed by atoms with Crippen molar-refractivity contribution < 1.29 is 4.39 Å². The summed E-state index contributed by atoms with van der Waals surface area (Å²) in [5, 5.41) is 0. The Morgan fingerprint density at radius 1 is 1.43 bits per heavy atom. The SMILES string of the molecule is CC(CCN)C(N)c1cccc(F)c1. The minimum absolute atomic E-state index is 0.130. The molecule has 0 heterocycles. The number of rotatable bonds is 4. The van der Waals surface area contributed by atoms with Crippen molar-refractivity contribution in [1.82, 2.24) is 0 Å². The molecule has 2 nitrogen and oxygen atoms in total. The largest absolute Gasteiger partial charge is 0.330 e. The molecular weight excluding hydrogens is 179 g/mol. The van der Waals surface area contributed by atoms with Gasteiger partial charge < -0.3 is 11.5 Å². The number of hydrogen-bond donors (Lipinski definition) is 2. The predicted molar refractivity (Wildman–Crippen MR) is 56.2 cm³/mol. The highest BCUT2D eigenvalue weighted by Crippen LogP contribution is 2.21. The molecule has 0 aliphatic carbocycles. The molecule has 0 bridgehead atoms. The molecule has 2 unspecified atom stereocenters. The molecule has 1 rings (SSSR count). The lowest BCUT2D eigenvalue weighted by molar-refractivity contribution is 0.442. The van der Waals surface area contributed by atoms with Crippen molar-refractivity contribution in [2.45, 2.75) is 19.4 Å². The summed E-state index contributed by atoms with van der Waals surface area (Å²) >= 11 is 0. The first-order valence-corrected chi connectivity index (χ1v) is 4.86. The lowest BCUT2D eigenvalue weighted by Gasteiger charge is -2.19. The van der Waals surface area contributed by atoms with E-state index in [1.165, 1.54) is 12.1 Å². The van der Waals surface area contributed by atoms with Crippen LogP contribution in [0.1, 0.15) is 24.9 Å². The van der Waals surface area contributed by atoms with Gasteiger partial charge in [-0.2, -0.15) is 0 Å². The Hall–Kier alpha value is -0.930. The van der Waals surface area contributed by atoms with Gasteiger partial charge in [0.25, 0.3) is 0 Å². The highest BCUT2D eigenvalue weighted by atomic mass is 19.1. The molecule has 4 N–H and O–H groups in total. The Morgan fingerprint density at radius 3 is 2.71 bits per heavy atom. The monoisotopic (exact) mass is 196 g/mol. The van der Waals surface area contributed by atoms with E-state index in [1.807, 2.05) is 13.0 Å². The van der Waals surface area contributed by atoms with Gasteiger partial charge in [-0.1, -0.05) is 19.1 Å². The van der Waals surface area contributed by atoms with Gasteiger partial charge in [-0.25, -0.2) is 4.39 Å². The van der Waals surface area contributed by atoms with Gasteiger partial charge in [-0.15, -0.1) is 0 Å². The van der Waals surface area contributed by atoms with E-state index in [9.17, 15) is 4.39 Å². The maximum atomic E-state index is 12.9. The fraction of sp³-hybridized carbons (Fsp3) is 0.455. The van der Waals surface area contributed by atoms with E-state index in [-0.39, 0.29) is 17.8 Å². The zero-order chi connectivity index (χ0) is 10.6. The Labute approximate surface area is 84.1 Å². The van der Waals surface area contributed by atoms with Gasteiger partial charge in [0, 0.05) is 6.04 Å². The van der Waals surface area contributed by atoms with Crippen molar-refractivity contribution in [3.63, 3.8) is 0 Å². The van der Waals surface area contributed by atoms with E-state index in [0.717, 1.165) is 12.0 Å². The van der Waals surface area contributed by atoms with Crippen LogP contribution in [0.15, 0.2) is 24.3 Å². The number of hydrogen-bond acceptors (Lipinski definition) is 2. The lowest BCUT2D eigenvalue weighted by Crippen LogP contribution is -2.21. The second-order valence-electron chi connectivity index (χ2n) is 3.64. The zero-order valence-corrected chi connectivity index (χ0v) is 8.41. The fourth-order valence-corrected chi connectivity index (χ4v) is 1.48. The number of nitrogens with two attached hydrogens (primary N) is 2. The topological polar surface area (TPSA) is 52.0 Å². The molecule has 78 valence electrons. The second-order valence-corrected chi connectivity index (χ2v) is 3.64. The van der Waals surface area contributed by atoms with Crippen molar-refractivity contribution >= 4 is 0 Å². The molecule has 0 aromatic heterocycles. The molecule has 0 radical (unpaired) electrons. The summed E-state index contributed by atoms with van der Waals surface area (Å²) in [6.45, 7) is 2.65. The van der Waals surface area contributed by atoms with Crippen LogP contribution in [0.25, 0.3) is 0 Å². The normalized spacial score (nSPS) is 15.1. The van der Waals surface area contributed by atoms with Crippen molar-refractivity contribution in [2.75, 3.05) is 6.54 Å². The summed E-state index contributed by atoms with van der Waals surface area (Å²) in [7, 11) is 0. The molecule has 0 amide bonds. The van der Waals surface area contributed by atoms with E-state index in [2.05, 4.69) is 0 Å². The molecule has 0 saturated carbocycles. The van der Waals surface area contributed by atoms with Crippen LogP contribution in [0.2, 0.25) is 0 Å². The Bertz CT molecular complexity index is 288. The predicted octanol–water partition coefficient (Wildman–Crippen LogP) is 1.81. The van der Waals surface area contributed by atoms with Gasteiger partial charge in [0.05, 0.1) is 0 Å². The summed E-state index contributed by atoms with van der Waals surface area (Å²) in [4.78, 5) is 0. The van der Waals surface area contributed by atoms with E-state index >= 15 is 0 Å². The second kappa shape index (κ2) is 5.08. The molecule has 1 aromatic rings. The highest BCUT2D eigenvalue weighted by Gasteiger charge is 2.14. The summed E-state index contributed by atoms with van der Waals surface area (Å²) in [6.07, 6.45) is 0.859. The van der Waals surface area contributed by atoms with E-state index in [0.29, 0.717) is 6.54 Å². The maximum Gasteiger partial charge on any atom is 0.123 e. The minimum Gasteiger partial charge on any atom is -0.330 e. The van der Waals surface area contributed by atoms with Gasteiger partial charge in [-0.3, -0.25) is 0 Å². The lowest BCUT2D eigenvalue weighted by atomic mass is 9.93. The highest BCUT2D eigenvalue weighted by molar-refractivity contribution is 5.20. The summed E-state index contributed by atoms with van der Waals surface area (Å²) in [5.74, 6) is 0.0414. The molecule has 0 aliphatic rings. The Balaban J connectivity index is 2.73. The van der Waals surface area contributed by atoms with Crippen LogP contribution < -0.4 is 11.5 Å². The van der Waals surface area contributed by atoms with Gasteiger partial charge in [0.1, 0.15) is 5.82 Å². The molecule has 0 saturated heterocycles. The van der Waals surface area contributed by atoms with Crippen LogP contribution in [-0.2, 0) is 0 Å². The van der Waals surface area contributed by atoms with Crippen LogP contribution in [0.4, 0.5) is 4.39 Å². The Kier molecular flexibility index (Phi) is 4.04. The number of halogens is 1. The third-order valence-electron chi connectivity index (χ3n) is 2.47. The van der Waals surface area contributed by atoms with E-state index in [4.69, 9.17) is 11.5 Å². The summed E-state index contributed by atoms with van der Waals surface area (Å²) in [5.41, 5.74) is 12.3. The van der Waals surface area contributed by atoms with E-state index < -0.39 is 0 Å². The van der Waals surface area contributed by atoms with Crippen molar-refractivity contribution in [1.29, 1.82) is 0 Å². The minimum atomic E-state index is -0.238. The molecule has 0 aliphatic heterocycles. The molecule has 3 heteroatoms. The van der Waals surface area contributed by atoms with Crippen LogP contribution in [0, 0.1) is 11.7 Å². The fourth-order valence-electron chi connectivity index (χ4n) is 1.48. The number of benzene rings is 1. The first-order valence-electron chi connectivity index (χ1n) is 4.86. The summed E-state index contributed by atoms with van der Waals surface area (Å²) < 4.78 is 12.9. The average Bonchev–Trinajstić information content (AvgIpc) is 2.17. The van der Waals surface area contributed by atoms with Crippen LogP contribution >= 0.6 is 0 Å². The third kappa shape index (κ3) is 2.79. The first-order chi connectivity index (χ1) is 6.65. The smallest absolute Gasteiger partial charge is 0.123 e. The summed E-state index contributed by atoms with van der Waals surface area (Å²) in [6, 6.07) is 6.30. The van der Waals surface area contributed by atoms with Crippen molar-refractivity contribution in [3.8, 4) is 0 Å². The maximum absolute atomic E-state index is 12.9. The molecule has 1 aromatic carbocycles. The van der Waals surface area contributed by atoms with Gasteiger partial charge in [0.2, 0.25) is 0 Å². The van der Waals surface area contributed by atoms with Crippen molar-refractivity contribution in [2.24, 2.45) is 17.4 Å². The molecule has 14 heavy (non-hydrogen) atoms. The van der Waals surface area contributed by atoms with Crippen LogP contribution in [0.5, 0.6) is 0 Å². The van der Waals surface area contributed by atoms with Gasteiger partial charge in [0.15, 0.2) is 0 Å². The first kappa shape index (κ1) is 11.1. The van der Waals surface area contributed by atoms with Crippen LogP contribution in [0.3, 0.4) is 0 Å². The Morgan fingerprint density at radius 2 is 2.14 bits per heavy atom. The molecular formula is C11H17FN2. The van der Waals surface area contributed by atoms with E-state index in [1.54, 1.807) is 6.07 Å². The quantitative estimate of drug-likeness (QED) is 0.771. The zero-order valence-electron chi connectivity index (χ0n) is 8.41. The van der Waals surface area contributed by atoms with Gasteiger partial charge in [-0.05, 0) is 36.6 Å². The molecule has 0 fully saturated rings. The van der Waals surface area contributed by atoms with Crippen LogP contribution in [-0.4, -0.2) is 6.54 Å². The molecule has 0 spiro atoms. The third-order valence-corrected chi connectivity index (χ3v) is 2.47.